The van der Waals surface area contributed by atoms with Gasteiger partial charge in [-0.2, -0.15) is 13.2 Å². The molecule has 0 spiro atoms. The molecule has 0 saturated heterocycles. The lowest BCUT2D eigenvalue weighted by Crippen LogP contribution is -2.37. The number of unbranched alkanes of at least 4 members (excludes halogenated alkanes) is 1. The first kappa shape index (κ1) is 19.8. The fourth-order valence-corrected chi connectivity index (χ4v) is 0.479. The molecule has 15 heavy (non-hydrogen) atoms. The Hall–Kier alpha value is -0.740. The van der Waals surface area contributed by atoms with E-state index in [2.05, 4.69) is 0 Å². The van der Waals surface area contributed by atoms with Gasteiger partial charge in [0.2, 0.25) is 0 Å². The molecule has 1 amide bonds. The van der Waals surface area contributed by atoms with Gasteiger partial charge in [-0.1, -0.05) is 41.0 Å². The molecule has 0 aliphatic carbocycles. The van der Waals surface area contributed by atoms with Gasteiger partial charge in [-0.15, -0.1) is 0 Å². The Labute approximate surface area is 90.2 Å². The summed E-state index contributed by atoms with van der Waals surface area (Å²) in [6, 6.07) is 0. The molecular weight excluding hydrogens is 207 g/mol. The topological polar surface area (TPSA) is 29.1 Å². The van der Waals surface area contributed by atoms with E-state index in [0.29, 0.717) is 6.42 Å². The number of carbonyl (C=O) groups is 1. The van der Waals surface area contributed by atoms with E-state index in [-0.39, 0.29) is 6.54 Å². The predicted octanol–water partition coefficient (Wildman–Crippen LogP) is 3.52. The molecule has 0 aliphatic heterocycles. The molecule has 94 valence electrons. The summed E-state index contributed by atoms with van der Waals surface area (Å²) < 4.78 is 34.4. The van der Waals surface area contributed by atoms with Crippen LogP contribution in [0.5, 0.6) is 0 Å². The third-order valence-electron chi connectivity index (χ3n) is 1.07. The van der Waals surface area contributed by atoms with Crippen molar-refractivity contribution in [3.05, 3.63) is 0 Å². The first-order valence-electron chi connectivity index (χ1n) is 5.33. The van der Waals surface area contributed by atoms with Crippen molar-refractivity contribution in [3.8, 4) is 0 Å². The molecule has 0 aliphatic rings. The van der Waals surface area contributed by atoms with Crippen molar-refractivity contribution in [2.75, 3.05) is 6.54 Å². The fourth-order valence-electron chi connectivity index (χ4n) is 0.479. The number of amides is 1. The third-order valence-corrected chi connectivity index (χ3v) is 1.07. The summed E-state index contributed by atoms with van der Waals surface area (Å²) in [6.45, 7) is 9.93. The molecule has 0 heterocycles. The summed E-state index contributed by atoms with van der Waals surface area (Å²) in [6.07, 6.45) is -3.41. The highest BCUT2D eigenvalue weighted by atomic mass is 19.4. The Morgan fingerprint density at radius 1 is 1.13 bits per heavy atom. The maximum Gasteiger partial charge on any atom is 0.471 e. The van der Waals surface area contributed by atoms with Gasteiger partial charge >= 0.3 is 12.1 Å². The number of alkyl halides is 3. The van der Waals surface area contributed by atoms with Crippen LogP contribution in [-0.2, 0) is 4.79 Å². The predicted molar refractivity (Wildman–Crippen MR) is 56.7 cm³/mol. The highest BCUT2D eigenvalue weighted by Crippen LogP contribution is 2.13. The first-order valence-corrected chi connectivity index (χ1v) is 5.33. The number of halogens is 3. The zero-order valence-electron chi connectivity index (χ0n) is 10.2. The van der Waals surface area contributed by atoms with E-state index < -0.39 is 12.1 Å². The molecule has 0 saturated carbocycles. The summed E-state index contributed by atoms with van der Waals surface area (Å²) in [7, 11) is 0. The molecular formula is C10H22F3NO. The quantitative estimate of drug-likeness (QED) is 0.737. The second-order valence-electron chi connectivity index (χ2n) is 2.11. The average molecular weight is 229 g/mol. The van der Waals surface area contributed by atoms with Crippen LogP contribution in [-0.4, -0.2) is 18.6 Å². The molecule has 5 heteroatoms. The Bertz CT molecular complexity index is 135. The Morgan fingerprint density at radius 2 is 1.53 bits per heavy atom. The number of hydrogen-bond donors (Lipinski definition) is 1. The van der Waals surface area contributed by atoms with Gasteiger partial charge in [0, 0.05) is 6.54 Å². The van der Waals surface area contributed by atoms with Crippen molar-refractivity contribution < 1.29 is 18.0 Å². The SMILES string of the molecule is CC.CC.CCCCNC(=O)C(F)(F)F. The van der Waals surface area contributed by atoms with E-state index in [4.69, 9.17) is 0 Å². The maximum atomic E-state index is 11.5. The van der Waals surface area contributed by atoms with Crippen molar-refractivity contribution in [2.45, 2.75) is 53.6 Å². The number of nitrogens with one attached hydrogen (secondary N) is 1. The average Bonchev–Trinajstić information content (AvgIpc) is 2.23. The Kier molecular flexibility index (Phi) is 17.5. The van der Waals surface area contributed by atoms with Gasteiger partial charge in [0.25, 0.3) is 0 Å². The van der Waals surface area contributed by atoms with Crippen molar-refractivity contribution in [1.29, 1.82) is 0 Å². The Balaban J connectivity index is -0.000000318. The molecule has 0 unspecified atom stereocenters. The lowest BCUT2D eigenvalue weighted by molar-refractivity contribution is -0.173. The highest BCUT2D eigenvalue weighted by molar-refractivity contribution is 5.81. The third kappa shape index (κ3) is 16.0. The van der Waals surface area contributed by atoms with Gasteiger partial charge < -0.3 is 5.32 Å². The van der Waals surface area contributed by atoms with Gasteiger partial charge in [0.1, 0.15) is 0 Å². The lowest BCUT2D eigenvalue weighted by Gasteiger charge is -2.06. The molecule has 0 rings (SSSR count). The van der Waals surface area contributed by atoms with Crippen LogP contribution in [0.15, 0.2) is 0 Å². The van der Waals surface area contributed by atoms with E-state index >= 15 is 0 Å². The van der Waals surface area contributed by atoms with E-state index in [1.807, 2.05) is 34.6 Å². The minimum Gasteiger partial charge on any atom is -0.348 e. The zero-order chi connectivity index (χ0) is 12.9. The summed E-state index contributed by atoms with van der Waals surface area (Å²) in [5.41, 5.74) is 0. The smallest absolute Gasteiger partial charge is 0.348 e. The molecule has 0 radical (unpaired) electrons. The maximum absolute atomic E-state index is 11.5. The minimum atomic E-state index is -4.74. The molecule has 1 N–H and O–H groups in total. The first-order chi connectivity index (χ1) is 6.98. The molecule has 0 aromatic carbocycles. The lowest BCUT2D eigenvalue weighted by atomic mass is 10.3. The standard InChI is InChI=1S/C6H10F3NO.2C2H6/c1-2-3-4-10-5(11)6(7,8)9;2*1-2/h2-4H2,1H3,(H,10,11);2*1-2H3. The van der Waals surface area contributed by atoms with Crippen LogP contribution in [0.2, 0.25) is 0 Å². The van der Waals surface area contributed by atoms with Crippen LogP contribution in [0.3, 0.4) is 0 Å². The Morgan fingerprint density at radius 3 is 1.80 bits per heavy atom. The number of carbonyl (C=O) groups excluding carboxylic acids is 1. The second-order valence-corrected chi connectivity index (χ2v) is 2.11. The molecule has 0 bridgehead atoms. The summed E-state index contributed by atoms with van der Waals surface area (Å²) in [5.74, 6) is -1.86. The molecule has 0 fully saturated rings. The summed E-state index contributed by atoms with van der Waals surface area (Å²) >= 11 is 0. The van der Waals surface area contributed by atoms with Crippen LogP contribution >= 0.6 is 0 Å². The van der Waals surface area contributed by atoms with Gasteiger partial charge in [-0.25, -0.2) is 0 Å². The molecule has 2 nitrogen and oxygen atoms in total. The second kappa shape index (κ2) is 13.3. The van der Waals surface area contributed by atoms with Crippen LogP contribution < -0.4 is 5.32 Å². The van der Waals surface area contributed by atoms with Crippen molar-refractivity contribution in [1.82, 2.24) is 5.32 Å². The van der Waals surface area contributed by atoms with E-state index in [0.717, 1.165) is 6.42 Å². The zero-order valence-corrected chi connectivity index (χ0v) is 10.2. The highest BCUT2D eigenvalue weighted by Gasteiger charge is 2.37. The van der Waals surface area contributed by atoms with Crippen molar-refractivity contribution >= 4 is 5.91 Å². The van der Waals surface area contributed by atoms with Crippen LogP contribution in [0.1, 0.15) is 47.5 Å². The van der Waals surface area contributed by atoms with Gasteiger partial charge in [-0.3, -0.25) is 4.79 Å². The van der Waals surface area contributed by atoms with E-state index in [1.165, 1.54) is 0 Å². The van der Waals surface area contributed by atoms with Crippen molar-refractivity contribution in [3.63, 3.8) is 0 Å². The van der Waals surface area contributed by atoms with Crippen LogP contribution in [0, 0.1) is 0 Å². The summed E-state index contributed by atoms with van der Waals surface area (Å²) in [4.78, 5) is 10.1. The molecule has 0 atom stereocenters. The minimum absolute atomic E-state index is 0.0921. The van der Waals surface area contributed by atoms with Crippen LogP contribution in [0.25, 0.3) is 0 Å². The number of hydrogen-bond acceptors (Lipinski definition) is 1. The van der Waals surface area contributed by atoms with Gasteiger partial charge in [-0.05, 0) is 6.42 Å². The molecule has 0 aromatic rings. The monoisotopic (exact) mass is 229 g/mol. The normalized spacial score (nSPS) is 9.07. The largest absolute Gasteiger partial charge is 0.471 e. The van der Waals surface area contributed by atoms with E-state index in [9.17, 15) is 18.0 Å². The van der Waals surface area contributed by atoms with E-state index in [1.54, 1.807) is 5.32 Å². The van der Waals surface area contributed by atoms with Gasteiger partial charge in [0.15, 0.2) is 0 Å². The molecule has 0 aromatic heterocycles. The fraction of sp³-hybridized carbons (Fsp3) is 0.900. The van der Waals surface area contributed by atoms with Crippen molar-refractivity contribution in [2.24, 2.45) is 0 Å². The number of rotatable bonds is 3. The van der Waals surface area contributed by atoms with Crippen LogP contribution in [0.4, 0.5) is 13.2 Å². The van der Waals surface area contributed by atoms with Gasteiger partial charge in [0.05, 0.1) is 0 Å². The summed E-state index contributed by atoms with van der Waals surface area (Å²) in [5, 5.41) is 1.76.